The van der Waals surface area contributed by atoms with Crippen LogP contribution in [0, 0.1) is 16.7 Å². The van der Waals surface area contributed by atoms with Crippen molar-refractivity contribution in [3.8, 4) is 0 Å². The summed E-state index contributed by atoms with van der Waals surface area (Å²) in [6.45, 7) is 9.47. The number of ether oxygens (including phenoxy) is 1. The van der Waals surface area contributed by atoms with Gasteiger partial charge in [0.1, 0.15) is 11.8 Å². The molecule has 1 N–H and O–H groups in total. The van der Waals surface area contributed by atoms with E-state index in [9.17, 15) is 0 Å². The molecule has 2 saturated carbocycles. The van der Waals surface area contributed by atoms with Crippen molar-refractivity contribution < 1.29 is 4.74 Å². The summed E-state index contributed by atoms with van der Waals surface area (Å²) in [4.78, 5) is 0. The molecule has 21 heavy (non-hydrogen) atoms. The third-order valence-electron chi connectivity index (χ3n) is 6.89. The zero-order chi connectivity index (χ0) is 15.3. The highest BCUT2D eigenvalue weighted by Gasteiger charge is 2.70. The molecule has 2 aliphatic carbocycles. The second kappa shape index (κ2) is 4.82. The van der Waals surface area contributed by atoms with Gasteiger partial charge in [-0.25, -0.2) is 0 Å². The molecular formula is C19H29NO. The number of hydrogen-bond acceptors (Lipinski definition) is 2. The van der Waals surface area contributed by atoms with Gasteiger partial charge in [0.25, 0.3) is 0 Å². The van der Waals surface area contributed by atoms with Crippen LogP contribution in [0.25, 0.3) is 0 Å². The quantitative estimate of drug-likeness (QED) is 0.833. The second-order valence-corrected chi connectivity index (χ2v) is 7.74. The van der Waals surface area contributed by atoms with E-state index in [1.807, 2.05) is 7.05 Å². The molecule has 0 aliphatic heterocycles. The Labute approximate surface area is 129 Å². The molecule has 0 amide bonds. The summed E-state index contributed by atoms with van der Waals surface area (Å²) in [7, 11) is 1.98. The SMILES string of the molecule is CN[C@@H](C)O[C@]1(c2ccccc2)C[C@H]2CCC1(C)C2(C)C. The smallest absolute Gasteiger partial charge is 0.106 e. The first-order valence-corrected chi connectivity index (χ1v) is 8.28. The summed E-state index contributed by atoms with van der Waals surface area (Å²) in [5.41, 5.74) is 1.71. The van der Waals surface area contributed by atoms with Gasteiger partial charge >= 0.3 is 0 Å². The fraction of sp³-hybridized carbons (Fsp3) is 0.684. The van der Waals surface area contributed by atoms with Crippen molar-refractivity contribution in [2.24, 2.45) is 16.7 Å². The van der Waals surface area contributed by atoms with Crippen molar-refractivity contribution >= 4 is 0 Å². The summed E-state index contributed by atoms with van der Waals surface area (Å²) in [5, 5.41) is 3.27. The molecule has 2 fully saturated rings. The van der Waals surface area contributed by atoms with Crippen molar-refractivity contribution in [1.82, 2.24) is 5.32 Å². The van der Waals surface area contributed by atoms with Gasteiger partial charge in [0.05, 0.1) is 0 Å². The summed E-state index contributed by atoms with van der Waals surface area (Å²) < 4.78 is 6.70. The number of benzene rings is 1. The number of nitrogens with one attached hydrogen (secondary N) is 1. The van der Waals surface area contributed by atoms with Crippen LogP contribution >= 0.6 is 0 Å². The number of hydrogen-bond donors (Lipinski definition) is 1. The molecule has 2 aliphatic rings. The van der Waals surface area contributed by atoms with E-state index in [0.29, 0.717) is 5.41 Å². The molecule has 0 aromatic heterocycles. The number of rotatable bonds is 4. The molecule has 2 nitrogen and oxygen atoms in total. The van der Waals surface area contributed by atoms with Crippen LogP contribution in [0.1, 0.15) is 52.5 Å². The van der Waals surface area contributed by atoms with Gasteiger partial charge in [0.15, 0.2) is 0 Å². The average Bonchev–Trinajstić information content (AvgIpc) is 2.80. The van der Waals surface area contributed by atoms with Gasteiger partial charge < -0.3 is 4.74 Å². The van der Waals surface area contributed by atoms with Crippen LogP contribution in [0.5, 0.6) is 0 Å². The molecule has 2 heteroatoms. The molecule has 1 unspecified atom stereocenters. The zero-order valence-corrected chi connectivity index (χ0v) is 14.1. The lowest BCUT2D eigenvalue weighted by molar-refractivity contribution is -0.179. The Bertz CT molecular complexity index is 512. The molecular weight excluding hydrogens is 258 g/mol. The maximum absolute atomic E-state index is 6.70. The van der Waals surface area contributed by atoms with E-state index in [0.717, 1.165) is 12.3 Å². The Morgan fingerprint density at radius 2 is 1.86 bits per heavy atom. The van der Waals surface area contributed by atoms with E-state index in [-0.39, 0.29) is 17.2 Å². The van der Waals surface area contributed by atoms with Crippen LogP contribution < -0.4 is 5.32 Å². The highest BCUT2D eigenvalue weighted by molar-refractivity contribution is 5.32. The van der Waals surface area contributed by atoms with Crippen molar-refractivity contribution in [2.75, 3.05) is 7.05 Å². The largest absolute Gasteiger partial charge is 0.352 e. The van der Waals surface area contributed by atoms with E-state index in [1.54, 1.807) is 0 Å². The number of fused-ring (bicyclic) bond motifs is 2. The fourth-order valence-electron chi connectivity index (χ4n) is 5.00. The molecule has 0 heterocycles. The maximum atomic E-state index is 6.70. The first-order chi connectivity index (χ1) is 9.87. The van der Waals surface area contributed by atoms with Gasteiger partial charge in [-0.05, 0) is 50.1 Å². The van der Waals surface area contributed by atoms with Crippen LogP contribution in [0.2, 0.25) is 0 Å². The summed E-state index contributed by atoms with van der Waals surface area (Å²) in [6.07, 6.45) is 3.81. The Hall–Kier alpha value is -0.860. The van der Waals surface area contributed by atoms with Gasteiger partial charge in [0, 0.05) is 5.41 Å². The fourth-order valence-corrected chi connectivity index (χ4v) is 5.00. The minimum atomic E-state index is -0.164. The summed E-state index contributed by atoms with van der Waals surface area (Å²) in [5.74, 6) is 0.756. The van der Waals surface area contributed by atoms with Gasteiger partial charge in [-0.3, -0.25) is 5.32 Å². The Balaban J connectivity index is 2.11. The average molecular weight is 287 g/mol. The monoisotopic (exact) mass is 287 g/mol. The van der Waals surface area contributed by atoms with Gasteiger partial charge in [-0.1, -0.05) is 51.1 Å². The molecule has 3 rings (SSSR count). The lowest BCUT2D eigenvalue weighted by Crippen LogP contribution is -2.50. The van der Waals surface area contributed by atoms with Crippen molar-refractivity contribution in [3.63, 3.8) is 0 Å². The molecule has 0 saturated heterocycles. The lowest BCUT2D eigenvalue weighted by Gasteiger charge is -2.50. The first-order valence-electron chi connectivity index (χ1n) is 8.28. The van der Waals surface area contributed by atoms with Gasteiger partial charge in [0.2, 0.25) is 0 Å². The van der Waals surface area contributed by atoms with Crippen LogP contribution in [-0.2, 0) is 10.3 Å². The molecule has 0 radical (unpaired) electrons. The van der Waals surface area contributed by atoms with E-state index < -0.39 is 0 Å². The Kier molecular flexibility index (Phi) is 3.46. The summed E-state index contributed by atoms with van der Waals surface area (Å²) >= 11 is 0. The minimum absolute atomic E-state index is 0.0668. The van der Waals surface area contributed by atoms with Gasteiger partial charge in [-0.15, -0.1) is 0 Å². The predicted octanol–water partition coefficient (Wildman–Crippen LogP) is 4.31. The zero-order valence-electron chi connectivity index (χ0n) is 14.1. The maximum Gasteiger partial charge on any atom is 0.106 e. The molecule has 116 valence electrons. The summed E-state index contributed by atoms with van der Waals surface area (Å²) in [6, 6.07) is 10.9. The Morgan fingerprint density at radius 1 is 1.19 bits per heavy atom. The topological polar surface area (TPSA) is 21.3 Å². The van der Waals surface area contributed by atoms with E-state index in [2.05, 4.69) is 63.3 Å². The normalized spacial score (nSPS) is 38.6. The van der Waals surface area contributed by atoms with Crippen LogP contribution in [-0.4, -0.2) is 13.3 Å². The Morgan fingerprint density at radius 3 is 2.33 bits per heavy atom. The van der Waals surface area contributed by atoms with Crippen molar-refractivity contribution in [2.45, 2.75) is 58.8 Å². The van der Waals surface area contributed by atoms with Crippen LogP contribution in [0.4, 0.5) is 0 Å². The van der Waals surface area contributed by atoms with Crippen molar-refractivity contribution in [3.05, 3.63) is 35.9 Å². The lowest BCUT2D eigenvalue weighted by atomic mass is 9.62. The molecule has 1 aromatic rings. The van der Waals surface area contributed by atoms with Crippen LogP contribution in [0.3, 0.4) is 0 Å². The highest BCUT2D eigenvalue weighted by Crippen LogP contribution is 2.73. The first kappa shape index (κ1) is 15.1. The van der Waals surface area contributed by atoms with E-state index in [4.69, 9.17) is 4.74 Å². The standard InChI is InChI=1S/C19H29NO/c1-14(20-5)21-19(15-9-7-6-8-10-15)13-16-11-12-18(19,4)17(16,2)3/h6-10,14,16,20H,11-13H2,1-5H3/t14-,16-,18?,19+/m1/s1. The third kappa shape index (κ3) is 1.85. The highest BCUT2D eigenvalue weighted by atomic mass is 16.5. The van der Waals surface area contributed by atoms with E-state index >= 15 is 0 Å². The molecule has 0 spiro atoms. The minimum Gasteiger partial charge on any atom is -0.352 e. The van der Waals surface area contributed by atoms with E-state index in [1.165, 1.54) is 18.4 Å². The molecule has 4 atom stereocenters. The van der Waals surface area contributed by atoms with Gasteiger partial charge in [-0.2, -0.15) is 0 Å². The predicted molar refractivity (Wildman–Crippen MR) is 87.0 cm³/mol. The van der Waals surface area contributed by atoms with Crippen LogP contribution in [0.15, 0.2) is 30.3 Å². The second-order valence-electron chi connectivity index (χ2n) is 7.74. The molecule has 1 aromatic carbocycles. The van der Waals surface area contributed by atoms with Crippen molar-refractivity contribution in [1.29, 1.82) is 0 Å². The third-order valence-corrected chi connectivity index (χ3v) is 6.89. The molecule has 2 bridgehead atoms.